The van der Waals surface area contributed by atoms with E-state index >= 15 is 0 Å². The highest BCUT2D eigenvalue weighted by Gasteiger charge is 2.39. The molecule has 0 bridgehead atoms. The summed E-state index contributed by atoms with van der Waals surface area (Å²) in [5.74, 6) is -0.420. The van der Waals surface area contributed by atoms with E-state index in [1.807, 2.05) is 30.4 Å². The molecule has 0 spiro atoms. The monoisotopic (exact) mass is 486 g/mol. The number of allylic oxidation sites excluding steroid dienone is 2. The van der Waals surface area contributed by atoms with E-state index < -0.39 is 24.9 Å². The molecule has 5 nitrogen and oxygen atoms in total. The van der Waals surface area contributed by atoms with Gasteiger partial charge in [-0.1, -0.05) is 24.3 Å². The lowest BCUT2D eigenvalue weighted by atomic mass is 9.89. The van der Waals surface area contributed by atoms with Crippen LogP contribution in [-0.2, 0) is 11.2 Å². The van der Waals surface area contributed by atoms with E-state index in [1.54, 1.807) is 17.4 Å². The second kappa shape index (κ2) is 12.8. The Morgan fingerprint density at radius 2 is 2.07 bits per heavy atom. The molecule has 1 aliphatic carbocycles. The second-order valence-electron chi connectivity index (χ2n) is 7.60. The number of unbranched alkanes of at least 4 members (excludes halogenated alkanes) is 1. The van der Waals surface area contributed by atoms with Gasteiger partial charge in [-0.05, 0) is 66.1 Å². The van der Waals surface area contributed by atoms with Gasteiger partial charge >= 0.3 is 0 Å². The van der Waals surface area contributed by atoms with E-state index in [4.69, 9.17) is 5.11 Å². The Hall–Kier alpha value is -0.830. The second-order valence-corrected chi connectivity index (χ2v) is 10.2. The Morgan fingerprint density at radius 3 is 2.76 bits per heavy atom. The molecule has 162 valence electrons. The lowest BCUT2D eigenvalue weighted by Crippen LogP contribution is -2.20. The number of Topliss-reactive ketones (excluding diaryl/α,β-unsaturated/α-hetero) is 1. The molecule has 2 rings (SSSR count). The molecule has 1 fully saturated rings. The minimum atomic E-state index is -0.609. The predicted molar refractivity (Wildman–Crippen MR) is 119 cm³/mol. The van der Waals surface area contributed by atoms with E-state index in [0.29, 0.717) is 32.1 Å². The third kappa shape index (κ3) is 8.44. The number of hydrogen-bond acceptors (Lipinski definition) is 6. The molecule has 7 heteroatoms. The summed E-state index contributed by atoms with van der Waals surface area (Å²) in [5.41, 5.74) is 0. The summed E-state index contributed by atoms with van der Waals surface area (Å²) < 4.78 is 1.08. The van der Waals surface area contributed by atoms with Crippen LogP contribution in [0.5, 0.6) is 0 Å². The summed E-state index contributed by atoms with van der Waals surface area (Å²) in [6.07, 6.45) is 10.0. The Balaban J connectivity index is 1.80. The molecule has 1 saturated carbocycles. The highest BCUT2D eigenvalue weighted by atomic mass is 79.9. The first-order chi connectivity index (χ1) is 13.9. The van der Waals surface area contributed by atoms with Crippen molar-refractivity contribution in [2.24, 2.45) is 11.8 Å². The predicted octanol–water partition coefficient (Wildman–Crippen LogP) is 3.40. The summed E-state index contributed by atoms with van der Waals surface area (Å²) in [5, 5.41) is 39.6. The molecule has 5 atom stereocenters. The van der Waals surface area contributed by atoms with Gasteiger partial charge in [0.25, 0.3) is 0 Å². The summed E-state index contributed by atoms with van der Waals surface area (Å²) in [6.45, 7) is -0.402. The zero-order chi connectivity index (χ0) is 21.2. The summed E-state index contributed by atoms with van der Waals surface area (Å²) in [7, 11) is 0. The summed E-state index contributed by atoms with van der Waals surface area (Å²) >= 11 is 5.10. The fraction of sp³-hybridized carbons (Fsp3) is 0.591. The number of hydrogen-bond donors (Lipinski definition) is 4. The first-order valence-electron chi connectivity index (χ1n) is 10.1. The first kappa shape index (κ1) is 24.4. The average molecular weight is 487 g/mol. The van der Waals surface area contributed by atoms with Gasteiger partial charge < -0.3 is 20.4 Å². The van der Waals surface area contributed by atoms with Crippen LogP contribution in [0.1, 0.15) is 43.4 Å². The highest BCUT2D eigenvalue weighted by Crippen LogP contribution is 2.36. The zero-order valence-corrected chi connectivity index (χ0v) is 18.9. The van der Waals surface area contributed by atoms with Crippen molar-refractivity contribution in [1.82, 2.24) is 0 Å². The van der Waals surface area contributed by atoms with Crippen molar-refractivity contribution in [3.8, 4) is 0 Å². The molecule has 0 saturated heterocycles. The van der Waals surface area contributed by atoms with Crippen LogP contribution in [0, 0.1) is 11.8 Å². The largest absolute Gasteiger partial charge is 0.393 e. The molecule has 0 radical (unpaired) electrons. The molecule has 0 amide bonds. The van der Waals surface area contributed by atoms with E-state index in [2.05, 4.69) is 15.9 Å². The number of carbonyl (C=O) groups is 1. The van der Waals surface area contributed by atoms with Gasteiger partial charge in [0, 0.05) is 23.6 Å². The fourth-order valence-electron chi connectivity index (χ4n) is 3.70. The van der Waals surface area contributed by atoms with Gasteiger partial charge in [0.15, 0.2) is 5.78 Å². The Kier molecular flexibility index (Phi) is 10.8. The number of thiophene rings is 1. The van der Waals surface area contributed by atoms with Gasteiger partial charge in [0.2, 0.25) is 0 Å². The lowest BCUT2D eigenvalue weighted by Gasteiger charge is -2.19. The normalized spacial score (nSPS) is 26.0. The number of aryl methyl sites for hydroxylation is 1. The first-order valence-corrected chi connectivity index (χ1v) is 11.8. The molecule has 1 aromatic heterocycles. The molecule has 29 heavy (non-hydrogen) atoms. The third-order valence-electron chi connectivity index (χ3n) is 5.36. The third-order valence-corrected chi connectivity index (χ3v) is 7.05. The SMILES string of the molecule is O=C(CO)CCC/C=C\C[C@@H]1[C@@H](/C=C/C(O)CCc2ccc(Br)s2)[C@H](O)C[C@@H]1O. The number of halogens is 1. The minimum Gasteiger partial charge on any atom is -0.393 e. The maximum Gasteiger partial charge on any atom is 0.158 e. The van der Waals surface area contributed by atoms with Crippen LogP contribution < -0.4 is 0 Å². The average Bonchev–Trinajstić information content (AvgIpc) is 3.23. The van der Waals surface area contributed by atoms with Crippen molar-refractivity contribution >= 4 is 33.0 Å². The molecular formula is C22H31BrO5S. The number of aliphatic hydroxyl groups excluding tert-OH is 4. The van der Waals surface area contributed by atoms with Crippen LogP contribution in [0.2, 0.25) is 0 Å². The fourth-order valence-corrected chi connectivity index (χ4v) is 5.20. The van der Waals surface area contributed by atoms with Crippen molar-refractivity contribution in [1.29, 1.82) is 0 Å². The van der Waals surface area contributed by atoms with Crippen molar-refractivity contribution in [2.45, 2.75) is 63.3 Å². The quantitative estimate of drug-likeness (QED) is 0.268. The van der Waals surface area contributed by atoms with Gasteiger partial charge in [-0.15, -0.1) is 11.3 Å². The molecule has 4 N–H and O–H groups in total. The van der Waals surface area contributed by atoms with E-state index in [9.17, 15) is 20.1 Å². The van der Waals surface area contributed by atoms with Gasteiger partial charge in [-0.3, -0.25) is 4.79 Å². The number of aliphatic hydroxyl groups is 4. The van der Waals surface area contributed by atoms with Crippen molar-refractivity contribution in [2.75, 3.05) is 6.61 Å². The molecule has 0 aliphatic heterocycles. The lowest BCUT2D eigenvalue weighted by molar-refractivity contribution is -0.121. The molecule has 1 aromatic rings. The van der Waals surface area contributed by atoms with Crippen LogP contribution >= 0.6 is 27.3 Å². The van der Waals surface area contributed by atoms with Crippen LogP contribution in [-0.4, -0.2) is 51.1 Å². The molecule has 1 heterocycles. The maximum atomic E-state index is 11.1. The van der Waals surface area contributed by atoms with Crippen molar-refractivity contribution in [3.05, 3.63) is 45.1 Å². The van der Waals surface area contributed by atoms with E-state index in [-0.39, 0.29) is 17.6 Å². The minimum absolute atomic E-state index is 0.0861. The standard InChI is InChI=1S/C22H31BrO5S/c23-22-12-10-17(29-22)9-7-15(25)8-11-19-18(20(27)13-21(19)28)6-4-2-1-3-5-16(26)14-24/h2,4,8,10-12,15,18-21,24-25,27-28H,1,3,5-7,9,13-14H2/b4-2-,11-8+/t15?,18-,19-,20+,21-/m1/s1. The Bertz CT molecular complexity index is 686. The van der Waals surface area contributed by atoms with Gasteiger partial charge in [-0.2, -0.15) is 0 Å². The molecule has 1 aliphatic rings. The van der Waals surface area contributed by atoms with Crippen LogP contribution in [0.25, 0.3) is 0 Å². The van der Waals surface area contributed by atoms with Gasteiger partial charge in [-0.25, -0.2) is 0 Å². The van der Waals surface area contributed by atoms with E-state index in [1.165, 1.54) is 4.88 Å². The summed E-state index contributed by atoms with van der Waals surface area (Å²) in [6, 6.07) is 4.05. The van der Waals surface area contributed by atoms with Crippen LogP contribution in [0.15, 0.2) is 40.2 Å². The molecule has 1 unspecified atom stereocenters. The Labute approximate surface area is 184 Å². The molecule has 0 aromatic carbocycles. The van der Waals surface area contributed by atoms with Gasteiger partial charge in [0.1, 0.15) is 6.61 Å². The number of ketones is 1. The number of carbonyl (C=O) groups excluding carboxylic acids is 1. The van der Waals surface area contributed by atoms with Crippen molar-refractivity contribution < 1.29 is 25.2 Å². The number of rotatable bonds is 12. The Morgan fingerprint density at radius 1 is 1.28 bits per heavy atom. The van der Waals surface area contributed by atoms with Crippen molar-refractivity contribution in [3.63, 3.8) is 0 Å². The van der Waals surface area contributed by atoms with Crippen LogP contribution in [0.4, 0.5) is 0 Å². The highest BCUT2D eigenvalue weighted by molar-refractivity contribution is 9.11. The zero-order valence-electron chi connectivity index (χ0n) is 16.5. The smallest absolute Gasteiger partial charge is 0.158 e. The topological polar surface area (TPSA) is 98.0 Å². The summed E-state index contributed by atoms with van der Waals surface area (Å²) in [4.78, 5) is 12.3. The maximum absolute atomic E-state index is 11.1. The van der Waals surface area contributed by atoms with E-state index in [0.717, 1.165) is 16.6 Å². The van der Waals surface area contributed by atoms with Gasteiger partial charge in [0.05, 0.1) is 22.1 Å². The molecular weight excluding hydrogens is 456 g/mol. The van der Waals surface area contributed by atoms with Crippen LogP contribution in [0.3, 0.4) is 0 Å².